The molecule has 0 amide bonds. The van der Waals surface area contributed by atoms with Gasteiger partial charge in [-0.2, -0.15) is 0 Å². The summed E-state index contributed by atoms with van der Waals surface area (Å²) in [5, 5.41) is 14.0. The Morgan fingerprint density at radius 2 is 1.89 bits per heavy atom. The van der Waals surface area contributed by atoms with E-state index in [9.17, 15) is 10.1 Å². The van der Waals surface area contributed by atoms with Gasteiger partial charge in [0.25, 0.3) is 5.69 Å². The molecule has 1 fully saturated rings. The van der Waals surface area contributed by atoms with Crippen LogP contribution in [0.1, 0.15) is 24.2 Å². The molecule has 0 bridgehead atoms. The quantitative estimate of drug-likeness (QED) is 0.494. The number of nitro benzene ring substituents is 1. The highest BCUT2D eigenvalue weighted by Crippen LogP contribution is 2.33. The summed E-state index contributed by atoms with van der Waals surface area (Å²) in [6.45, 7) is 5.75. The molecule has 4 rings (SSSR count). The fourth-order valence-corrected chi connectivity index (χ4v) is 4.38. The Labute approximate surface area is 160 Å². The second-order valence-electron chi connectivity index (χ2n) is 6.75. The number of aryl methyl sites for hydroxylation is 2. The lowest BCUT2D eigenvalue weighted by atomic mass is 10.1. The van der Waals surface area contributed by atoms with Gasteiger partial charge in [0.1, 0.15) is 28.3 Å². The Balaban J connectivity index is 1.45. The summed E-state index contributed by atoms with van der Waals surface area (Å²) in [5.74, 6) is 2.49. The molecule has 0 aliphatic carbocycles. The van der Waals surface area contributed by atoms with Crippen LogP contribution in [-0.2, 0) is 0 Å². The maximum Gasteiger partial charge on any atom is 0.269 e. The summed E-state index contributed by atoms with van der Waals surface area (Å²) < 4.78 is 6.01. The number of thiophene rings is 1. The average molecular weight is 384 g/mol. The molecule has 1 saturated heterocycles. The van der Waals surface area contributed by atoms with E-state index in [2.05, 4.69) is 22.2 Å². The van der Waals surface area contributed by atoms with Crippen molar-refractivity contribution in [2.24, 2.45) is 0 Å². The number of ether oxygens (including phenoxy) is 1. The zero-order valence-electron chi connectivity index (χ0n) is 15.2. The predicted octanol–water partition coefficient (Wildman–Crippen LogP) is 4.26. The molecule has 1 aliphatic rings. The lowest BCUT2D eigenvalue weighted by Gasteiger charge is -2.33. The number of nitrogens with zero attached hydrogens (tertiary/aromatic N) is 4. The van der Waals surface area contributed by atoms with Crippen molar-refractivity contribution in [1.29, 1.82) is 0 Å². The van der Waals surface area contributed by atoms with Gasteiger partial charge in [0.05, 0.1) is 10.3 Å². The van der Waals surface area contributed by atoms with E-state index in [1.165, 1.54) is 17.7 Å². The van der Waals surface area contributed by atoms with E-state index >= 15 is 0 Å². The predicted molar refractivity (Wildman–Crippen MR) is 106 cm³/mol. The Morgan fingerprint density at radius 3 is 2.56 bits per heavy atom. The van der Waals surface area contributed by atoms with Crippen molar-refractivity contribution in [2.75, 3.05) is 18.0 Å². The molecular formula is C19H20N4O3S. The highest BCUT2D eigenvalue weighted by molar-refractivity contribution is 7.17. The molecular weight excluding hydrogens is 364 g/mol. The number of hydrogen-bond donors (Lipinski definition) is 0. The fraction of sp³-hybridized carbons (Fsp3) is 0.368. The largest absolute Gasteiger partial charge is 0.490 e. The van der Waals surface area contributed by atoms with E-state index in [-0.39, 0.29) is 11.8 Å². The highest BCUT2D eigenvalue weighted by atomic mass is 32.1. The minimum absolute atomic E-state index is 0.0754. The summed E-state index contributed by atoms with van der Waals surface area (Å²) in [5.41, 5.74) is 1.29. The first kappa shape index (κ1) is 17.7. The van der Waals surface area contributed by atoms with Crippen LogP contribution in [0.5, 0.6) is 5.75 Å². The number of benzene rings is 1. The van der Waals surface area contributed by atoms with Crippen LogP contribution >= 0.6 is 11.3 Å². The molecule has 0 N–H and O–H groups in total. The number of rotatable bonds is 4. The second-order valence-corrected chi connectivity index (χ2v) is 7.61. The Morgan fingerprint density at radius 1 is 1.19 bits per heavy atom. The molecule has 3 aromatic rings. The highest BCUT2D eigenvalue weighted by Gasteiger charge is 2.24. The fourth-order valence-electron chi connectivity index (χ4n) is 3.42. The summed E-state index contributed by atoms with van der Waals surface area (Å²) in [4.78, 5) is 23.0. The molecule has 7 nitrogen and oxygen atoms in total. The van der Waals surface area contributed by atoms with Gasteiger partial charge in [-0.15, -0.1) is 11.3 Å². The molecule has 140 valence electrons. The van der Waals surface area contributed by atoms with Crippen molar-refractivity contribution in [3.8, 4) is 5.75 Å². The SMILES string of the molecule is Cc1nc(N2CCC(Oc3ccc([N+](=O)[O-])cc3)CC2)c2c(C)csc2n1. The van der Waals surface area contributed by atoms with Crippen LogP contribution < -0.4 is 9.64 Å². The molecule has 3 heterocycles. The van der Waals surface area contributed by atoms with Gasteiger partial charge in [-0.25, -0.2) is 9.97 Å². The maximum absolute atomic E-state index is 10.7. The summed E-state index contributed by atoms with van der Waals surface area (Å²) in [6, 6.07) is 6.28. The molecule has 1 aromatic carbocycles. The van der Waals surface area contributed by atoms with Gasteiger partial charge >= 0.3 is 0 Å². The van der Waals surface area contributed by atoms with E-state index < -0.39 is 4.92 Å². The minimum atomic E-state index is -0.404. The third kappa shape index (κ3) is 3.57. The van der Waals surface area contributed by atoms with Crippen LogP contribution in [0, 0.1) is 24.0 Å². The van der Waals surface area contributed by atoms with Crippen LogP contribution in [-0.4, -0.2) is 34.1 Å². The lowest BCUT2D eigenvalue weighted by Crippen LogP contribution is -2.39. The van der Waals surface area contributed by atoms with Crippen LogP contribution in [0.3, 0.4) is 0 Å². The van der Waals surface area contributed by atoms with E-state index in [1.807, 2.05) is 6.92 Å². The monoisotopic (exact) mass is 384 g/mol. The lowest BCUT2D eigenvalue weighted by molar-refractivity contribution is -0.384. The number of anilines is 1. The Kier molecular flexibility index (Phi) is 4.65. The van der Waals surface area contributed by atoms with Crippen molar-refractivity contribution in [2.45, 2.75) is 32.8 Å². The zero-order chi connectivity index (χ0) is 19.0. The van der Waals surface area contributed by atoms with E-state index in [4.69, 9.17) is 9.72 Å². The van der Waals surface area contributed by atoms with Crippen LogP contribution in [0.4, 0.5) is 11.5 Å². The first-order valence-corrected chi connectivity index (χ1v) is 9.78. The van der Waals surface area contributed by atoms with E-state index in [1.54, 1.807) is 23.5 Å². The maximum atomic E-state index is 10.7. The third-order valence-electron chi connectivity index (χ3n) is 4.80. The van der Waals surface area contributed by atoms with E-state index in [0.717, 1.165) is 47.8 Å². The van der Waals surface area contributed by atoms with Crippen LogP contribution in [0.2, 0.25) is 0 Å². The summed E-state index contributed by atoms with van der Waals surface area (Å²) in [7, 11) is 0. The van der Waals surface area contributed by atoms with Crippen LogP contribution in [0.25, 0.3) is 10.2 Å². The molecule has 0 spiro atoms. The van der Waals surface area contributed by atoms with Crippen molar-refractivity contribution < 1.29 is 9.66 Å². The Hall–Kier alpha value is -2.74. The molecule has 0 saturated carbocycles. The number of non-ortho nitro benzene ring substituents is 1. The van der Waals surface area contributed by atoms with Crippen molar-refractivity contribution >= 4 is 33.1 Å². The van der Waals surface area contributed by atoms with Gasteiger partial charge in [0.2, 0.25) is 0 Å². The van der Waals surface area contributed by atoms with Gasteiger partial charge < -0.3 is 9.64 Å². The van der Waals surface area contributed by atoms with Gasteiger partial charge in [0.15, 0.2) is 0 Å². The molecule has 8 heteroatoms. The van der Waals surface area contributed by atoms with E-state index in [0.29, 0.717) is 5.75 Å². The Bertz CT molecular complexity index is 979. The van der Waals surface area contributed by atoms with Gasteiger partial charge in [-0.05, 0) is 36.9 Å². The van der Waals surface area contributed by atoms with Gasteiger partial charge in [-0.3, -0.25) is 10.1 Å². The number of fused-ring (bicyclic) bond motifs is 1. The van der Waals surface area contributed by atoms with Crippen LogP contribution in [0.15, 0.2) is 29.6 Å². The third-order valence-corrected chi connectivity index (χ3v) is 5.79. The minimum Gasteiger partial charge on any atom is -0.490 e. The molecule has 0 unspecified atom stereocenters. The normalized spacial score (nSPS) is 15.3. The number of nitro groups is 1. The molecule has 1 aliphatic heterocycles. The number of piperidine rings is 1. The first-order valence-electron chi connectivity index (χ1n) is 8.90. The van der Waals surface area contributed by atoms with Gasteiger partial charge in [-0.1, -0.05) is 0 Å². The second kappa shape index (κ2) is 7.11. The number of hydrogen-bond acceptors (Lipinski definition) is 7. The average Bonchev–Trinajstić information content (AvgIpc) is 3.03. The molecule has 0 atom stereocenters. The summed E-state index contributed by atoms with van der Waals surface area (Å²) in [6.07, 6.45) is 1.86. The van der Waals surface area contributed by atoms with Gasteiger partial charge in [0, 0.05) is 38.1 Å². The van der Waals surface area contributed by atoms with Crippen molar-refractivity contribution in [3.05, 3.63) is 51.1 Å². The molecule has 27 heavy (non-hydrogen) atoms. The topological polar surface area (TPSA) is 81.4 Å². The molecule has 2 aromatic heterocycles. The standard InChI is InChI=1S/C19H20N4O3S/c1-12-11-27-19-17(12)18(20-13(2)21-19)22-9-7-16(8-10-22)26-15-5-3-14(4-6-15)23(24)25/h3-6,11,16H,7-10H2,1-2H3. The van der Waals surface area contributed by atoms with Crippen molar-refractivity contribution in [3.63, 3.8) is 0 Å². The summed E-state index contributed by atoms with van der Waals surface area (Å²) >= 11 is 1.66. The zero-order valence-corrected chi connectivity index (χ0v) is 16.0. The first-order chi connectivity index (χ1) is 13.0. The molecule has 0 radical (unpaired) electrons. The van der Waals surface area contributed by atoms with Crippen molar-refractivity contribution in [1.82, 2.24) is 9.97 Å². The smallest absolute Gasteiger partial charge is 0.269 e. The number of aromatic nitrogens is 2.